The summed E-state index contributed by atoms with van der Waals surface area (Å²) >= 11 is 2.54. The first-order valence-corrected chi connectivity index (χ1v) is 8.90. The van der Waals surface area contributed by atoms with E-state index in [2.05, 4.69) is 0 Å². The number of hydrogen-bond donors (Lipinski definition) is 0. The third-order valence-corrected chi connectivity index (χ3v) is 4.95. The smallest absolute Gasteiger partial charge is 0.293 e. The van der Waals surface area contributed by atoms with Gasteiger partial charge in [-0.2, -0.15) is 0 Å². The van der Waals surface area contributed by atoms with Crippen molar-refractivity contribution < 1.29 is 14.3 Å². The van der Waals surface area contributed by atoms with E-state index in [1.807, 2.05) is 47.8 Å². The SMILES string of the molecule is O=C1S/C(=C\c2cccs2)C(=O)N1CCCOc1ccccc1. The largest absolute Gasteiger partial charge is 0.494 e. The van der Waals surface area contributed by atoms with Crippen LogP contribution in [0, 0.1) is 0 Å². The third kappa shape index (κ3) is 4.03. The second kappa shape index (κ2) is 7.48. The molecule has 3 rings (SSSR count). The molecule has 6 heteroatoms. The number of amides is 2. The maximum atomic E-state index is 12.3. The molecule has 0 unspecified atom stereocenters. The van der Waals surface area contributed by atoms with Gasteiger partial charge in [0.15, 0.2) is 0 Å². The first-order chi connectivity index (χ1) is 11.2. The number of nitrogens with zero attached hydrogens (tertiary/aromatic N) is 1. The second-order valence-electron chi connectivity index (χ2n) is 4.86. The molecule has 23 heavy (non-hydrogen) atoms. The number of thioether (sulfide) groups is 1. The van der Waals surface area contributed by atoms with Crippen molar-refractivity contribution in [1.82, 2.24) is 4.90 Å². The van der Waals surface area contributed by atoms with E-state index in [9.17, 15) is 9.59 Å². The molecule has 4 nitrogen and oxygen atoms in total. The van der Waals surface area contributed by atoms with Gasteiger partial charge in [-0.3, -0.25) is 14.5 Å². The summed E-state index contributed by atoms with van der Waals surface area (Å²) in [4.78, 5) is 27.0. The molecule has 1 aromatic carbocycles. The molecule has 1 aliphatic heterocycles. The monoisotopic (exact) mass is 345 g/mol. The number of ether oxygens (including phenoxy) is 1. The fraction of sp³-hybridized carbons (Fsp3) is 0.176. The van der Waals surface area contributed by atoms with E-state index in [-0.39, 0.29) is 11.1 Å². The molecule has 2 amide bonds. The van der Waals surface area contributed by atoms with Crippen molar-refractivity contribution in [3.05, 3.63) is 57.6 Å². The molecule has 1 aliphatic rings. The molecule has 0 atom stereocenters. The topological polar surface area (TPSA) is 46.6 Å². The Bertz CT molecular complexity index is 711. The summed E-state index contributed by atoms with van der Waals surface area (Å²) in [5.74, 6) is 0.576. The van der Waals surface area contributed by atoms with Gasteiger partial charge < -0.3 is 4.74 Å². The zero-order valence-electron chi connectivity index (χ0n) is 12.3. The molecular weight excluding hydrogens is 330 g/mol. The fourth-order valence-corrected chi connectivity index (χ4v) is 3.71. The van der Waals surface area contributed by atoms with Crippen LogP contribution in [0.2, 0.25) is 0 Å². The minimum Gasteiger partial charge on any atom is -0.494 e. The van der Waals surface area contributed by atoms with E-state index in [4.69, 9.17) is 4.74 Å². The highest BCUT2D eigenvalue weighted by molar-refractivity contribution is 8.18. The summed E-state index contributed by atoms with van der Waals surface area (Å²) in [6.07, 6.45) is 2.38. The van der Waals surface area contributed by atoms with Gasteiger partial charge in [-0.15, -0.1) is 11.3 Å². The summed E-state index contributed by atoms with van der Waals surface area (Å²) in [5, 5.41) is 1.73. The lowest BCUT2D eigenvalue weighted by Crippen LogP contribution is -2.30. The zero-order chi connectivity index (χ0) is 16.1. The van der Waals surface area contributed by atoms with Crippen molar-refractivity contribution in [3.63, 3.8) is 0 Å². The van der Waals surface area contributed by atoms with E-state index in [0.29, 0.717) is 24.5 Å². The van der Waals surface area contributed by atoms with Crippen LogP contribution in [-0.4, -0.2) is 29.2 Å². The average molecular weight is 345 g/mol. The van der Waals surface area contributed by atoms with Crippen LogP contribution in [0.4, 0.5) is 4.79 Å². The van der Waals surface area contributed by atoms with Gasteiger partial charge in [-0.05, 0) is 47.8 Å². The highest BCUT2D eigenvalue weighted by Crippen LogP contribution is 2.32. The molecule has 1 fully saturated rings. The predicted molar refractivity (Wildman–Crippen MR) is 93.6 cm³/mol. The Morgan fingerprint density at radius 1 is 1.09 bits per heavy atom. The van der Waals surface area contributed by atoms with Crippen LogP contribution in [-0.2, 0) is 4.79 Å². The molecule has 0 spiro atoms. The number of carbonyl (C=O) groups excluding carboxylic acids is 2. The van der Waals surface area contributed by atoms with Crippen LogP contribution >= 0.6 is 23.1 Å². The van der Waals surface area contributed by atoms with Crippen molar-refractivity contribution in [2.75, 3.05) is 13.2 Å². The minimum atomic E-state index is -0.215. The van der Waals surface area contributed by atoms with Crippen molar-refractivity contribution in [1.29, 1.82) is 0 Å². The summed E-state index contributed by atoms with van der Waals surface area (Å²) in [5.41, 5.74) is 0. The standard InChI is InChI=1S/C17H15NO3S2/c19-16-15(12-14-8-4-11-22-14)23-17(20)18(16)9-5-10-21-13-6-2-1-3-7-13/h1-4,6-8,11-12H,5,9-10H2/b15-12-. The molecule has 0 radical (unpaired) electrons. The van der Waals surface area contributed by atoms with Crippen LogP contribution in [0.3, 0.4) is 0 Å². The van der Waals surface area contributed by atoms with Gasteiger partial charge in [0.25, 0.3) is 11.1 Å². The van der Waals surface area contributed by atoms with Crippen LogP contribution < -0.4 is 4.74 Å². The van der Waals surface area contributed by atoms with Crippen LogP contribution in [0.25, 0.3) is 6.08 Å². The molecule has 1 saturated heterocycles. The van der Waals surface area contributed by atoms with Gasteiger partial charge in [-0.1, -0.05) is 24.3 Å². The van der Waals surface area contributed by atoms with Crippen LogP contribution in [0.15, 0.2) is 52.7 Å². The number of thiophene rings is 1. The van der Waals surface area contributed by atoms with E-state index in [1.165, 1.54) is 4.90 Å². The molecule has 0 bridgehead atoms. The average Bonchev–Trinajstić information content (AvgIpc) is 3.16. The van der Waals surface area contributed by atoms with Crippen molar-refractivity contribution >= 4 is 40.3 Å². The molecule has 0 N–H and O–H groups in total. The molecule has 0 saturated carbocycles. The lowest BCUT2D eigenvalue weighted by molar-refractivity contribution is -0.122. The number of rotatable bonds is 6. The van der Waals surface area contributed by atoms with Crippen molar-refractivity contribution in [2.45, 2.75) is 6.42 Å². The number of para-hydroxylation sites is 1. The molecule has 2 heterocycles. The molecule has 0 aliphatic carbocycles. The Hall–Kier alpha value is -2.05. The van der Waals surface area contributed by atoms with E-state index >= 15 is 0 Å². The Morgan fingerprint density at radius 3 is 2.65 bits per heavy atom. The Morgan fingerprint density at radius 2 is 1.91 bits per heavy atom. The highest BCUT2D eigenvalue weighted by Gasteiger charge is 2.34. The highest BCUT2D eigenvalue weighted by atomic mass is 32.2. The van der Waals surface area contributed by atoms with E-state index in [0.717, 1.165) is 22.4 Å². The molecule has 2 aromatic rings. The summed E-state index contributed by atoms with van der Waals surface area (Å²) < 4.78 is 5.58. The second-order valence-corrected chi connectivity index (χ2v) is 6.84. The first kappa shape index (κ1) is 15.8. The lowest BCUT2D eigenvalue weighted by atomic mass is 10.3. The van der Waals surface area contributed by atoms with E-state index < -0.39 is 0 Å². The third-order valence-electron chi connectivity index (χ3n) is 3.23. The van der Waals surface area contributed by atoms with Gasteiger partial charge in [0.2, 0.25) is 0 Å². The maximum absolute atomic E-state index is 12.3. The Balaban J connectivity index is 1.52. The Labute approximate surface area is 142 Å². The minimum absolute atomic E-state index is 0.211. The van der Waals surface area contributed by atoms with Gasteiger partial charge in [0.1, 0.15) is 5.75 Å². The van der Waals surface area contributed by atoms with Gasteiger partial charge in [0, 0.05) is 11.4 Å². The van der Waals surface area contributed by atoms with E-state index in [1.54, 1.807) is 17.4 Å². The number of imide groups is 1. The zero-order valence-corrected chi connectivity index (χ0v) is 13.9. The van der Waals surface area contributed by atoms with Crippen LogP contribution in [0.1, 0.15) is 11.3 Å². The molecular formula is C17H15NO3S2. The van der Waals surface area contributed by atoms with Gasteiger partial charge in [0.05, 0.1) is 11.5 Å². The number of benzene rings is 1. The fourth-order valence-electron chi connectivity index (χ4n) is 2.12. The number of hydrogen-bond acceptors (Lipinski definition) is 5. The maximum Gasteiger partial charge on any atom is 0.293 e. The predicted octanol–water partition coefficient (Wildman–Crippen LogP) is 4.25. The molecule has 118 valence electrons. The number of carbonyl (C=O) groups is 2. The first-order valence-electron chi connectivity index (χ1n) is 7.21. The van der Waals surface area contributed by atoms with Crippen molar-refractivity contribution in [3.8, 4) is 5.75 Å². The Kier molecular flexibility index (Phi) is 5.15. The van der Waals surface area contributed by atoms with Crippen molar-refractivity contribution in [2.24, 2.45) is 0 Å². The van der Waals surface area contributed by atoms with Gasteiger partial charge in [-0.25, -0.2) is 0 Å². The normalized spacial score (nSPS) is 16.3. The lowest BCUT2D eigenvalue weighted by Gasteiger charge is -2.12. The quantitative estimate of drug-likeness (QED) is 0.580. The molecule has 1 aromatic heterocycles. The summed E-state index contributed by atoms with van der Waals surface area (Å²) in [6.45, 7) is 0.842. The van der Waals surface area contributed by atoms with Gasteiger partial charge >= 0.3 is 0 Å². The summed E-state index contributed by atoms with van der Waals surface area (Å²) in [6, 6.07) is 13.3. The van der Waals surface area contributed by atoms with Crippen LogP contribution in [0.5, 0.6) is 5.75 Å². The summed E-state index contributed by atoms with van der Waals surface area (Å²) in [7, 11) is 0.